The van der Waals surface area contributed by atoms with Crippen LogP contribution in [0.5, 0.6) is 0 Å². The van der Waals surface area contributed by atoms with E-state index in [1.54, 1.807) is 16.4 Å². The molecular formula is C18H23NO2S. The summed E-state index contributed by atoms with van der Waals surface area (Å²) >= 11 is 0. The molecular weight excluding hydrogens is 294 g/mol. The zero-order valence-corrected chi connectivity index (χ0v) is 14.0. The standard InChI is InChI=1S/C18H23NO2S/c1-14(2)15-9-11-19(12-10-15)22(20,21)18-8-7-16-5-3-4-6-17(16)13-18/h3-8,13-15H,9-12H2,1-2H3. The minimum Gasteiger partial charge on any atom is -0.207 e. The van der Waals surface area contributed by atoms with E-state index < -0.39 is 10.0 Å². The Bertz CT molecular complexity index is 760. The Balaban J connectivity index is 1.86. The second-order valence-electron chi connectivity index (χ2n) is 6.49. The Hall–Kier alpha value is -1.39. The van der Waals surface area contributed by atoms with E-state index in [0.717, 1.165) is 23.6 Å². The average Bonchev–Trinajstić information content (AvgIpc) is 2.54. The van der Waals surface area contributed by atoms with Gasteiger partial charge in [0.15, 0.2) is 0 Å². The number of hydrogen-bond acceptors (Lipinski definition) is 2. The van der Waals surface area contributed by atoms with Gasteiger partial charge in [-0.1, -0.05) is 44.2 Å². The summed E-state index contributed by atoms with van der Waals surface area (Å²) in [6.45, 7) is 5.71. The van der Waals surface area contributed by atoms with Crippen LogP contribution in [0, 0.1) is 11.8 Å². The molecule has 1 saturated heterocycles. The van der Waals surface area contributed by atoms with Crippen molar-refractivity contribution in [2.45, 2.75) is 31.6 Å². The molecule has 4 heteroatoms. The maximum atomic E-state index is 12.8. The third kappa shape index (κ3) is 2.90. The molecule has 0 radical (unpaired) electrons. The summed E-state index contributed by atoms with van der Waals surface area (Å²) in [5.74, 6) is 1.27. The summed E-state index contributed by atoms with van der Waals surface area (Å²) in [5.41, 5.74) is 0. The van der Waals surface area contributed by atoms with Crippen LogP contribution in [0.25, 0.3) is 10.8 Å². The van der Waals surface area contributed by atoms with Crippen molar-refractivity contribution < 1.29 is 8.42 Å². The monoisotopic (exact) mass is 317 g/mol. The smallest absolute Gasteiger partial charge is 0.207 e. The predicted molar refractivity (Wildman–Crippen MR) is 90.3 cm³/mol. The van der Waals surface area contributed by atoms with E-state index in [0.29, 0.717) is 29.8 Å². The first-order chi connectivity index (χ1) is 10.5. The number of nitrogens with zero attached hydrogens (tertiary/aromatic N) is 1. The second kappa shape index (κ2) is 6.01. The first-order valence-corrected chi connectivity index (χ1v) is 9.41. The minimum atomic E-state index is -3.37. The quantitative estimate of drug-likeness (QED) is 0.861. The van der Waals surface area contributed by atoms with Crippen LogP contribution < -0.4 is 0 Å². The molecule has 0 atom stereocenters. The molecule has 0 aliphatic carbocycles. The Kier molecular flexibility index (Phi) is 4.24. The largest absolute Gasteiger partial charge is 0.243 e. The summed E-state index contributed by atoms with van der Waals surface area (Å²) in [6.07, 6.45) is 1.93. The normalized spacial score (nSPS) is 18.1. The highest BCUT2D eigenvalue weighted by Gasteiger charge is 2.30. The number of benzene rings is 2. The van der Waals surface area contributed by atoms with Crippen LogP contribution in [-0.2, 0) is 10.0 Å². The maximum Gasteiger partial charge on any atom is 0.243 e. The Morgan fingerprint density at radius 3 is 2.27 bits per heavy atom. The van der Waals surface area contributed by atoms with Crippen LogP contribution in [0.1, 0.15) is 26.7 Å². The lowest BCUT2D eigenvalue weighted by Gasteiger charge is -2.33. The number of fused-ring (bicyclic) bond motifs is 1. The van der Waals surface area contributed by atoms with Crippen molar-refractivity contribution in [1.29, 1.82) is 0 Å². The average molecular weight is 317 g/mol. The van der Waals surface area contributed by atoms with Crippen LogP contribution >= 0.6 is 0 Å². The van der Waals surface area contributed by atoms with Crippen molar-refractivity contribution in [1.82, 2.24) is 4.31 Å². The first kappa shape index (κ1) is 15.5. The zero-order valence-electron chi connectivity index (χ0n) is 13.2. The molecule has 2 aromatic carbocycles. The van der Waals surface area contributed by atoms with Gasteiger partial charge < -0.3 is 0 Å². The summed E-state index contributed by atoms with van der Waals surface area (Å²) in [4.78, 5) is 0.411. The van der Waals surface area contributed by atoms with Gasteiger partial charge in [-0.05, 0) is 47.6 Å². The van der Waals surface area contributed by atoms with Gasteiger partial charge in [0.2, 0.25) is 10.0 Å². The highest BCUT2D eigenvalue weighted by Crippen LogP contribution is 2.29. The van der Waals surface area contributed by atoms with Gasteiger partial charge in [-0.3, -0.25) is 0 Å². The molecule has 0 unspecified atom stereocenters. The maximum absolute atomic E-state index is 12.8. The van der Waals surface area contributed by atoms with Gasteiger partial charge in [-0.25, -0.2) is 8.42 Å². The second-order valence-corrected chi connectivity index (χ2v) is 8.43. The van der Waals surface area contributed by atoms with Crippen molar-refractivity contribution in [2.75, 3.05) is 13.1 Å². The highest BCUT2D eigenvalue weighted by molar-refractivity contribution is 7.89. The fourth-order valence-electron chi connectivity index (χ4n) is 3.26. The van der Waals surface area contributed by atoms with Crippen molar-refractivity contribution in [2.24, 2.45) is 11.8 Å². The van der Waals surface area contributed by atoms with Crippen molar-refractivity contribution in [3.63, 3.8) is 0 Å². The molecule has 0 bridgehead atoms. The fraction of sp³-hybridized carbons (Fsp3) is 0.444. The lowest BCUT2D eigenvalue weighted by atomic mass is 9.87. The van der Waals surface area contributed by atoms with E-state index in [1.807, 2.05) is 30.3 Å². The third-order valence-corrected chi connectivity index (χ3v) is 6.69. The summed E-state index contributed by atoms with van der Waals surface area (Å²) in [5, 5.41) is 2.04. The van der Waals surface area contributed by atoms with Gasteiger partial charge in [0.25, 0.3) is 0 Å². The third-order valence-electron chi connectivity index (χ3n) is 4.80. The predicted octanol–water partition coefficient (Wildman–Crippen LogP) is 3.90. The van der Waals surface area contributed by atoms with E-state index in [9.17, 15) is 8.42 Å². The summed E-state index contributed by atoms with van der Waals surface area (Å²) < 4.78 is 27.3. The number of hydrogen-bond donors (Lipinski definition) is 0. The Labute approximate surface area is 133 Å². The van der Waals surface area contributed by atoms with Gasteiger partial charge in [0.05, 0.1) is 4.90 Å². The molecule has 118 valence electrons. The Morgan fingerprint density at radius 2 is 1.64 bits per heavy atom. The topological polar surface area (TPSA) is 37.4 Å². The molecule has 1 aliphatic heterocycles. The minimum absolute atomic E-state index is 0.411. The summed E-state index contributed by atoms with van der Waals surface area (Å²) in [6, 6.07) is 13.3. The van der Waals surface area contributed by atoms with E-state index in [2.05, 4.69) is 13.8 Å². The van der Waals surface area contributed by atoms with E-state index in [4.69, 9.17) is 0 Å². The van der Waals surface area contributed by atoms with Crippen LogP contribution in [0.3, 0.4) is 0 Å². The molecule has 0 spiro atoms. The van der Waals surface area contributed by atoms with E-state index in [-0.39, 0.29) is 0 Å². The van der Waals surface area contributed by atoms with Crippen LogP contribution in [0.2, 0.25) is 0 Å². The molecule has 1 heterocycles. The highest BCUT2D eigenvalue weighted by atomic mass is 32.2. The number of sulfonamides is 1. The lowest BCUT2D eigenvalue weighted by molar-refractivity contribution is 0.226. The molecule has 0 aromatic heterocycles. The van der Waals surface area contributed by atoms with E-state index >= 15 is 0 Å². The number of piperidine rings is 1. The summed E-state index contributed by atoms with van der Waals surface area (Å²) in [7, 11) is -3.37. The van der Waals surface area contributed by atoms with Crippen LogP contribution in [-0.4, -0.2) is 25.8 Å². The van der Waals surface area contributed by atoms with Crippen molar-refractivity contribution in [3.05, 3.63) is 42.5 Å². The first-order valence-electron chi connectivity index (χ1n) is 7.97. The zero-order chi connectivity index (χ0) is 15.7. The number of rotatable bonds is 3. The van der Waals surface area contributed by atoms with Crippen LogP contribution in [0.15, 0.2) is 47.4 Å². The van der Waals surface area contributed by atoms with Crippen molar-refractivity contribution in [3.8, 4) is 0 Å². The molecule has 0 N–H and O–H groups in total. The Morgan fingerprint density at radius 1 is 1.00 bits per heavy atom. The van der Waals surface area contributed by atoms with E-state index in [1.165, 1.54) is 0 Å². The van der Waals surface area contributed by atoms with Gasteiger partial charge in [-0.15, -0.1) is 0 Å². The van der Waals surface area contributed by atoms with Crippen LogP contribution in [0.4, 0.5) is 0 Å². The molecule has 0 amide bonds. The van der Waals surface area contributed by atoms with Gasteiger partial charge >= 0.3 is 0 Å². The molecule has 3 nitrogen and oxygen atoms in total. The SMILES string of the molecule is CC(C)C1CCN(S(=O)(=O)c2ccc3ccccc3c2)CC1. The lowest BCUT2D eigenvalue weighted by Crippen LogP contribution is -2.39. The molecule has 2 aromatic rings. The molecule has 0 saturated carbocycles. The molecule has 1 aliphatic rings. The fourth-order valence-corrected chi connectivity index (χ4v) is 4.77. The molecule has 3 rings (SSSR count). The van der Waals surface area contributed by atoms with Crippen molar-refractivity contribution >= 4 is 20.8 Å². The molecule has 22 heavy (non-hydrogen) atoms. The van der Waals surface area contributed by atoms with Gasteiger partial charge in [-0.2, -0.15) is 4.31 Å². The van der Waals surface area contributed by atoms with Gasteiger partial charge in [0, 0.05) is 13.1 Å². The molecule has 1 fully saturated rings. The van der Waals surface area contributed by atoms with Gasteiger partial charge in [0.1, 0.15) is 0 Å².